The number of halogens is 1. The van der Waals surface area contributed by atoms with Crippen LogP contribution in [0.15, 0.2) is 18.2 Å². The number of carboxylic acid groups (broad SMARTS) is 1. The van der Waals surface area contributed by atoms with Crippen LogP contribution >= 0.6 is 0 Å². The van der Waals surface area contributed by atoms with E-state index in [2.05, 4.69) is 0 Å². The summed E-state index contributed by atoms with van der Waals surface area (Å²) in [4.78, 5) is 12.8. The van der Waals surface area contributed by atoms with Gasteiger partial charge in [-0.15, -0.1) is 0 Å². The second kappa shape index (κ2) is 4.81. The van der Waals surface area contributed by atoms with Gasteiger partial charge < -0.3 is 10.8 Å². The summed E-state index contributed by atoms with van der Waals surface area (Å²) in [5, 5.41) is 8.85. The molecule has 1 heterocycles. The molecule has 1 aliphatic heterocycles. The van der Waals surface area contributed by atoms with Crippen LogP contribution in [0.1, 0.15) is 22.3 Å². The third kappa shape index (κ3) is 2.81. The van der Waals surface area contributed by atoms with Crippen molar-refractivity contribution in [1.82, 2.24) is 4.90 Å². The van der Waals surface area contributed by atoms with Gasteiger partial charge in [-0.3, -0.25) is 4.90 Å². The summed E-state index contributed by atoms with van der Waals surface area (Å²) < 4.78 is 13.5. The lowest BCUT2D eigenvalue weighted by atomic mass is 10.1. The number of rotatable bonds is 3. The van der Waals surface area contributed by atoms with E-state index in [0.717, 1.165) is 19.5 Å². The predicted octanol–water partition coefficient (Wildman–Crippen LogP) is 1.06. The van der Waals surface area contributed by atoms with Gasteiger partial charge in [-0.1, -0.05) is 0 Å². The van der Waals surface area contributed by atoms with E-state index in [9.17, 15) is 9.18 Å². The number of aromatic carboxylic acids is 1. The van der Waals surface area contributed by atoms with E-state index in [0.29, 0.717) is 12.1 Å². The van der Waals surface area contributed by atoms with Crippen molar-refractivity contribution in [2.75, 3.05) is 13.1 Å². The Kier molecular flexibility index (Phi) is 3.40. The smallest absolute Gasteiger partial charge is 0.335 e. The van der Waals surface area contributed by atoms with Crippen LogP contribution in [0.4, 0.5) is 4.39 Å². The molecule has 92 valence electrons. The molecule has 0 spiro atoms. The van der Waals surface area contributed by atoms with Crippen LogP contribution in [-0.4, -0.2) is 35.1 Å². The summed E-state index contributed by atoms with van der Waals surface area (Å²) in [6, 6.07) is 4.01. The van der Waals surface area contributed by atoms with E-state index in [1.807, 2.05) is 4.90 Å². The molecule has 1 aliphatic rings. The van der Waals surface area contributed by atoms with Gasteiger partial charge in [0, 0.05) is 31.2 Å². The molecule has 3 N–H and O–H groups in total. The van der Waals surface area contributed by atoms with Crippen LogP contribution in [0.25, 0.3) is 0 Å². The number of carboxylic acids is 1. The third-order valence-electron chi connectivity index (χ3n) is 3.00. The van der Waals surface area contributed by atoms with Crippen LogP contribution in [0.2, 0.25) is 0 Å². The van der Waals surface area contributed by atoms with E-state index in [4.69, 9.17) is 10.8 Å². The molecule has 0 amide bonds. The molecule has 5 heteroatoms. The van der Waals surface area contributed by atoms with Gasteiger partial charge in [0.1, 0.15) is 5.82 Å². The molecule has 1 fully saturated rings. The molecule has 1 saturated heterocycles. The Morgan fingerprint density at radius 3 is 2.94 bits per heavy atom. The Bertz CT molecular complexity index is 437. The molecule has 4 nitrogen and oxygen atoms in total. The van der Waals surface area contributed by atoms with Crippen molar-refractivity contribution in [3.8, 4) is 0 Å². The van der Waals surface area contributed by atoms with Gasteiger partial charge in [0.05, 0.1) is 5.56 Å². The van der Waals surface area contributed by atoms with Gasteiger partial charge in [-0.25, -0.2) is 9.18 Å². The zero-order valence-corrected chi connectivity index (χ0v) is 9.40. The topological polar surface area (TPSA) is 66.6 Å². The molecule has 0 aliphatic carbocycles. The van der Waals surface area contributed by atoms with Crippen LogP contribution in [0.3, 0.4) is 0 Å². The van der Waals surface area contributed by atoms with Crippen molar-refractivity contribution < 1.29 is 14.3 Å². The van der Waals surface area contributed by atoms with Gasteiger partial charge in [0.2, 0.25) is 0 Å². The maximum atomic E-state index is 13.5. The summed E-state index contributed by atoms with van der Waals surface area (Å²) >= 11 is 0. The first kappa shape index (κ1) is 12.0. The van der Waals surface area contributed by atoms with E-state index >= 15 is 0 Å². The Morgan fingerprint density at radius 1 is 1.59 bits per heavy atom. The maximum Gasteiger partial charge on any atom is 0.335 e. The molecule has 1 aromatic carbocycles. The lowest BCUT2D eigenvalue weighted by Crippen LogP contribution is -2.26. The molecule has 0 aromatic heterocycles. The third-order valence-corrected chi connectivity index (χ3v) is 3.00. The lowest BCUT2D eigenvalue weighted by Gasteiger charge is -2.15. The van der Waals surface area contributed by atoms with Crippen LogP contribution in [0, 0.1) is 5.82 Å². The summed E-state index contributed by atoms with van der Waals surface area (Å²) in [7, 11) is 0. The molecular weight excluding hydrogens is 223 g/mol. The fourth-order valence-corrected chi connectivity index (χ4v) is 2.08. The van der Waals surface area contributed by atoms with Crippen molar-refractivity contribution in [3.05, 3.63) is 35.1 Å². The van der Waals surface area contributed by atoms with Gasteiger partial charge in [0.25, 0.3) is 0 Å². The van der Waals surface area contributed by atoms with Gasteiger partial charge in [-0.05, 0) is 24.6 Å². The molecule has 2 rings (SSSR count). The second-order valence-electron chi connectivity index (χ2n) is 4.40. The minimum absolute atomic E-state index is 0.116. The quantitative estimate of drug-likeness (QED) is 0.826. The Hall–Kier alpha value is -1.46. The first-order valence-electron chi connectivity index (χ1n) is 5.56. The van der Waals surface area contributed by atoms with Gasteiger partial charge in [-0.2, -0.15) is 0 Å². The summed E-state index contributed by atoms with van der Waals surface area (Å²) in [6.45, 7) is 1.98. The normalized spacial score (nSPS) is 20.7. The highest BCUT2D eigenvalue weighted by Crippen LogP contribution is 2.16. The molecule has 0 radical (unpaired) electrons. The second-order valence-corrected chi connectivity index (χ2v) is 4.40. The Morgan fingerprint density at radius 2 is 2.35 bits per heavy atom. The SMILES string of the molecule is NC1CCN(Cc2cc(C(=O)O)ccc2F)C1. The summed E-state index contributed by atoms with van der Waals surface area (Å²) in [5.41, 5.74) is 6.30. The lowest BCUT2D eigenvalue weighted by molar-refractivity contribution is 0.0696. The first-order chi connectivity index (χ1) is 8.06. The Balaban J connectivity index is 2.14. The molecule has 1 aromatic rings. The van der Waals surface area contributed by atoms with Crippen molar-refractivity contribution in [2.24, 2.45) is 5.73 Å². The van der Waals surface area contributed by atoms with Crippen molar-refractivity contribution in [2.45, 2.75) is 19.0 Å². The number of nitrogens with zero attached hydrogens (tertiary/aromatic N) is 1. The Labute approximate surface area is 98.8 Å². The van der Waals surface area contributed by atoms with Crippen molar-refractivity contribution >= 4 is 5.97 Å². The summed E-state index contributed by atoms with van der Waals surface area (Å²) in [5.74, 6) is -1.40. The van der Waals surface area contributed by atoms with Crippen molar-refractivity contribution in [1.29, 1.82) is 0 Å². The number of likely N-dealkylation sites (tertiary alicyclic amines) is 1. The van der Waals surface area contributed by atoms with Crippen molar-refractivity contribution in [3.63, 3.8) is 0 Å². The minimum Gasteiger partial charge on any atom is -0.478 e. The van der Waals surface area contributed by atoms with E-state index in [1.165, 1.54) is 18.2 Å². The van der Waals surface area contributed by atoms with E-state index in [1.54, 1.807) is 0 Å². The number of benzene rings is 1. The zero-order chi connectivity index (χ0) is 12.4. The monoisotopic (exact) mass is 238 g/mol. The largest absolute Gasteiger partial charge is 0.478 e. The average Bonchev–Trinajstić information content (AvgIpc) is 2.67. The number of hydrogen-bond donors (Lipinski definition) is 2. The number of hydrogen-bond acceptors (Lipinski definition) is 3. The average molecular weight is 238 g/mol. The molecule has 17 heavy (non-hydrogen) atoms. The van der Waals surface area contributed by atoms with Gasteiger partial charge >= 0.3 is 5.97 Å². The van der Waals surface area contributed by atoms with Crippen LogP contribution < -0.4 is 5.73 Å². The standard InChI is InChI=1S/C12H15FN2O2/c13-11-2-1-8(12(16)17)5-9(11)6-15-4-3-10(14)7-15/h1-2,5,10H,3-4,6-7,14H2,(H,16,17). The fourth-order valence-electron chi connectivity index (χ4n) is 2.08. The minimum atomic E-state index is -1.04. The molecule has 0 saturated carbocycles. The maximum absolute atomic E-state index is 13.5. The zero-order valence-electron chi connectivity index (χ0n) is 9.40. The molecule has 1 unspecified atom stereocenters. The highest BCUT2D eigenvalue weighted by atomic mass is 19.1. The first-order valence-corrected chi connectivity index (χ1v) is 5.56. The highest BCUT2D eigenvalue weighted by molar-refractivity contribution is 5.87. The highest BCUT2D eigenvalue weighted by Gasteiger charge is 2.20. The van der Waals surface area contributed by atoms with E-state index < -0.39 is 5.97 Å². The van der Waals surface area contributed by atoms with Gasteiger partial charge in [0.15, 0.2) is 0 Å². The molecule has 1 atom stereocenters. The number of carbonyl (C=O) groups is 1. The molecular formula is C12H15FN2O2. The number of nitrogens with two attached hydrogens (primary N) is 1. The van der Waals surface area contributed by atoms with Crippen LogP contribution in [0.5, 0.6) is 0 Å². The van der Waals surface area contributed by atoms with E-state index in [-0.39, 0.29) is 17.4 Å². The van der Waals surface area contributed by atoms with Crippen LogP contribution in [-0.2, 0) is 6.54 Å². The fraction of sp³-hybridized carbons (Fsp3) is 0.417. The summed E-state index contributed by atoms with van der Waals surface area (Å²) in [6.07, 6.45) is 0.903. The predicted molar refractivity (Wildman–Crippen MR) is 61.2 cm³/mol. The molecule has 0 bridgehead atoms.